The van der Waals surface area contributed by atoms with E-state index in [-0.39, 0.29) is 11.6 Å². The number of anilines is 1. The number of aromatic nitrogens is 1. The summed E-state index contributed by atoms with van der Waals surface area (Å²) >= 11 is 0. The van der Waals surface area contributed by atoms with Crippen LogP contribution in [0.1, 0.15) is 5.56 Å². The average molecular weight is 192 g/mol. The van der Waals surface area contributed by atoms with Gasteiger partial charge in [0.05, 0.1) is 18.4 Å². The van der Waals surface area contributed by atoms with Crippen LogP contribution < -0.4 is 10.5 Å². The van der Waals surface area contributed by atoms with Gasteiger partial charge in [-0.2, -0.15) is 13.2 Å². The van der Waals surface area contributed by atoms with Crippen LogP contribution in [0.15, 0.2) is 12.3 Å². The van der Waals surface area contributed by atoms with Gasteiger partial charge in [0.25, 0.3) is 0 Å². The normalized spacial score (nSPS) is 11.4. The molecule has 0 aliphatic heterocycles. The van der Waals surface area contributed by atoms with E-state index in [1.165, 1.54) is 7.11 Å². The lowest BCUT2D eigenvalue weighted by atomic mass is 10.2. The highest BCUT2D eigenvalue weighted by Gasteiger charge is 2.33. The molecule has 1 heterocycles. The molecule has 1 aromatic rings. The Labute approximate surface area is 72.3 Å². The molecule has 0 bridgehead atoms. The summed E-state index contributed by atoms with van der Waals surface area (Å²) in [6.07, 6.45) is -3.82. The van der Waals surface area contributed by atoms with Gasteiger partial charge in [0.1, 0.15) is 0 Å². The fourth-order valence-corrected chi connectivity index (χ4v) is 0.799. The number of halogens is 3. The fraction of sp³-hybridized carbons (Fsp3) is 0.286. The van der Waals surface area contributed by atoms with Crippen LogP contribution in [-0.2, 0) is 6.18 Å². The number of ether oxygens (including phenoxy) is 1. The van der Waals surface area contributed by atoms with E-state index in [2.05, 4.69) is 9.72 Å². The molecule has 0 aromatic carbocycles. The Balaban J connectivity index is 3.13. The third-order valence-electron chi connectivity index (χ3n) is 1.43. The maximum absolute atomic E-state index is 12.1. The highest BCUT2D eigenvalue weighted by Crippen LogP contribution is 2.33. The quantitative estimate of drug-likeness (QED) is 0.736. The first-order valence-electron chi connectivity index (χ1n) is 3.32. The number of nitrogens with two attached hydrogens (primary N) is 1. The van der Waals surface area contributed by atoms with Crippen LogP contribution in [0.5, 0.6) is 5.88 Å². The van der Waals surface area contributed by atoms with Crippen LogP contribution in [0.4, 0.5) is 18.9 Å². The van der Waals surface area contributed by atoms with Crippen molar-refractivity contribution >= 4 is 5.69 Å². The molecular formula is C7H7F3N2O. The minimum absolute atomic E-state index is 0.0606. The second-order valence-corrected chi connectivity index (χ2v) is 2.31. The Morgan fingerprint density at radius 1 is 1.46 bits per heavy atom. The number of nitrogens with zero attached hydrogens (tertiary/aromatic N) is 1. The van der Waals surface area contributed by atoms with Gasteiger partial charge in [-0.05, 0) is 0 Å². The Hall–Kier alpha value is -1.46. The van der Waals surface area contributed by atoms with Gasteiger partial charge in [-0.15, -0.1) is 0 Å². The van der Waals surface area contributed by atoms with Crippen molar-refractivity contribution in [3.63, 3.8) is 0 Å². The van der Waals surface area contributed by atoms with E-state index in [1.54, 1.807) is 0 Å². The van der Waals surface area contributed by atoms with Gasteiger partial charge < -0.3 is 10.5 Å². The fourth-order valence-electron chi connectivity index (χ4n) is 0.799. The van der Waals surface area contributed by atoms with Crippen molar-refractivity contribution in [3.8, 4) is 5.88 Å². The van der Waals surface area contributed by atoms with E-state index in [1.807, 2.05) is 0 Å². The highest BCUT2D eigenvalue weighted by molar-refractivity contribution is 5.49. The SMILES string of the molecule is COc1cc(N)c(C(F)(F)F)cn1. The number of hydrogen-bond donors (Lipinski definition) is 1. The zero-order valence-corrected chi connectivity index (χ0v) is 6.72. The third-order valence-corrected chi connectivity index (χ3v) is 1.43. The van der Waals surface area contributed by atoms with Crippen molar-refractivity contribution in [1.82, 2.24) is 4.98 Å². The van der Waals surface area contributed by atoms with E-state index in [0.717, 1.165) is 6.07 Å². The van der Waals surface area contributed by atoms with Crippen molar-refractivity contribution in [2.24, 2.45) is 0 Å². The van der Waals surface area contributed by atoms with Gasteiger partial charge in [0.15, 0.2) is 0 Å². The van der Waals surface area contributed by atoms with Crippen molar-refractivity contribution in [3.05, 3.63) is 17.8 Å². The van der Waals surface area contributed by atoms with Gasteiger partial charge in [-0.1, -0.05) is 0 Å². The van der Waals surface area contributed by atoms with Crippen LogP contribution in [0, 0.1) is 0 Å². The predicted octanol–water partition coefficient (Wildman–Crippen LogP) is 1.69. The van der Waals surface area contributed by atoms with Gasteiger partial charge in [0, 0.05) is 12.3 Å². The molecule has 0 amide bonds. The molecule has 0 atom stereocenters. The van der Waals surface area contributed by atoms with E-state index in [0.29, 0.717) is 6.20 Å². The van der Waals surface area contributed by atoms with E-state index in [9.17, 15) is 13.2 Å². The maximum atomic E-state index is 12.1. The van der Waals surface area contributed by atoms with Crippen molar-refractivity contribution in [1.29, 1.82) is 0 Å². The smallest absolute Gasteiger partial charge is 0.419 e. The molecule has 0 radical (unpaired) electrons. The maximum Gasteiger partial charge on any atom is 0.419 e. The standard InChI is InChI=1S/C7H7F3N2O/c1-13-6-2-5(11)4(3-12-6)7(8,9)10/h2-3H,1H3,(H2,11,12). The molecule has 2 N–H and O–H groups in total. The summed E-state index contributed by atoms with van der Waals surface area (Å²) in [7, 11) is 1.30. The molecule has 0 aliphatic carbocycles. The number of hydrogen-bond acceptors (Lipinski definition) is 3. The first-order chi connectivity index (χ1) is 5.95. The molecule has 0 saturated heterocycles. The first-order valence-corrected chi connectivity index (χ1v) is 3.32. The Kier molecular flexibility index (Phi) is 2.31. The minimum atomic E-state index is -4.47. The summed E-state index contributed by atoms with van der Waals surface area (Å²) in [6.45, 7) is 0. The average Bonchev–Trinajstić information content (AvgIpc) is 2.01. The molecule has 13 heavy (non-hydrogen) atoms. The van der Waals surface area contributed by atoms with Gasteiger partial charge in [-0.3, -0.25) is 0 Å². The number of rotatable bonds is 1. The Bertz CT molecular complexity index is 311. The molecule has 1 rings (SSSR count). The van der Waals surface area contributed by atoms with E-state index in [4.69, 9.17) is 5.73 Å². The molecule has 6 heteroatoms. The summed E-state index contributed by atoms with van der Waals surface area (Å²) in [5.41, 5.74) is 3.80. The number of methoxy groups -OCH3 is 1. The van der Waals surface area contributed by atoms with Crippen LogP contribution >= 0.6 is 0 Å². The molecule has 72 valence electrons. The number of nitrogen functional groups attached to an aromatic ring is 1. The minimum Gasteiger partial charge on any atom is -0.481 e. The third kappa shape index (κ3) is 2.01. The largest absolute Gasteiger partial charge is 0.481 e. The molecular weight excluding hydrogens is 185 g/mol. The van der Waals surface area contributed by atoms with Crippen LogP contribution in [-0.4, -0.2) is 12.1 Å². The van der Waals surface area contributed by atoms with E-state index >= 15 is 0 Å². The van der Waals surface area contributed by atoms with Gasteiger partial charge >= 0.3 is 6.18 Å². The Morgan fingerprint density at radius 3 is 2.46 bits per heavy atom. The van der Waals surface area contributed by atoms with Crippen molar-refractivity contribution < 1.29 is 17.9 Å². The van der Waals surface area contributed by atoms with E-state index < -0.39 is 11.7 Å². The summed E-state index contributed by atoms with van der Waals surface area (Å²) in [5.74, 6) is 0.0606. The van der Waals surface area contributed by atoms with Gasteiger partial charge in [-0.25, -0.2) is 4.98 Å². The second kappa shape index (κ2) is 3.12. The highest BCUT2D eigenvalue weighted by atomic mass is 19.4. The molecule has 3 nitrogen and oxygen atoms in total. The first kappa shape index (κ1) is 9.63. The molecule has 0 saturated carbocycles. The van der Waals surface area contributed by atoms with Crippen LogP contribution in [0.3, 0.4) is 0 Å². The lowest BCUT2D eigenvalue weighted by Gasteiger charge is -2.09. The Morgan fingerprint density at radius 2 is 2.08 bits per heavy atom. The summed E-state index contributed by atoms with van der Waals surface area (Å²) < 4.78 is 41.0. The molecule has 1 aromatic heterocycles. The second-order valence-electron chi connectivity index (χ2n) is 2.31. The molecule has 0 unspecified atom stereocenters. The van der Waals surface area contributed by atoms with Gasteiger partial charge in [0.2, 0.25) is 5.88 Å². The number of pyridine rings is 1. The summed E-state index contributed by atoms with van der Waals surface area (Å²) in [5, 5.41) is 0. The lowest BCUT2D eigenvalue weighted by Crippen LogP contribution is -2.09. The monoisotopic (exact) mass is 192 g/mol. The summed E-state index contributed by atoms with van der Waals surface area (Å²) in [4.78, 5) is 3.40. The molecule has 0 fully saturated rings. The zero-order valence-electron chi connectivity index (χ0n) is 6.72. The van der Waals surface area contributed by atoms with Crippen molar-refractivity contribution in [2.45, 2.75) is 6.18 Å². The number of alkyl halides is 3. The van der Waals surface area contributed by atoms with Crippen molar-refractivity contribution in [2.75, 3.05) is 12.8 Å². The lowest BCUT2D eigenvalue weighted by molar-refractivity contribution is -0.137. The van der Waals surface area contributed by atoms with Crippen LogP contribution in [0.2, 0.25) is 0 Å². The van der Waals surface area contributed by atoms with Crippen LogP contribution in [0.25, 0.3) is 0 Å². The summed E-state index contributed by atoms with van der Waals surface area (Å²) in [6, 6.07) is 1.03. The predicted molar refractivity (Wildman–Crippen MR) is 40.2 cm³/mol. The topological polar surface area (TPSA) is 48.1 Å². The molecule has 0 aliphatic rings. The zero-order chi connectivity index (χ0) is 10.1. The molecule has 0 spiro atoms.